The highest BCUT2D eigenvalue weighted by atomic mass is 19.3. The number of nitriles is 1. The molecule has 3 fully saturated rings. The average Bonchev–Trinajstić information content (AvgIpc) is 3.05. The number of rotatable bonds is 8. The van der Waals surface area contributed by atoms with Gasteiger partial charge >= 0.3 is 12.0 Å². The molecule has 6 rings (SSSR count). The fourth-order valence-corrected chi connectivity index (χ4v) is 6.13. The van der Waals surface area contributed by atoms with Crippen molar-refractivity contribution in [3.8, 4) is 29.0 Å². The Kier molecular flexibility index (Phi) is 9.95. The number of amides is 1. The largest absolute Gasteiger partial charge is 0.483 e. The van der Waals surface area contributed by atoms with Crippen molar-refractivity contribution in [3.63, 3.8) is 0 Å². The molecule has 0 radical (unpaired) electrons. The molecule has 1 N–H and O–H groups in total. The summed E-state index contributed by atoms with van der Waals surface area (Å²) in [6, 6.07) is 11.1. The summed E-state index contributed by atoms with van der Waals surface area (Å²) in [5.41, 5.74) is 2.04. The van der Waals surface area contributed by atoms with E-state index >= 15 is 8.78 Å². The maximum Gasteiger partial charge on any atom is 0.410 e. The summed E-state index contributed by atoms with van der Waals surface area (Å²) >= 11 is 0. The number of nitrogens with one attached hydrogen (secondary N) is 1. The van der Waals surface area contributed by atoms with Gasteiger partial charge in [0.25, 0.3) is 0 Å². The third-order valence-corrected chi connectivity index (χ3v) is 8.87. The maximum absolute atomic E-state index is 15.2. The van der Waals surface area contributed by atoms with Gasteiger partial charge < -0.3 is 34.1 Å². The van der Waals surface area contributed by atoms with Crippen molar-refractivity contribution in [1.82, 2.24) is 24.8 Å². The van der Waals surface area contributed by atoms with E-state index in [2.05, 4.69) is 36.1 Å². The van der Waals surface area contributed by atoms with E-state index in [0.29, 0.717) is 29.0 Å². The van der Waals surface area contributed by atoms with Gasteiger partial charge in [-0.25, -0.2) is 23.5 Å². The van der Waals surface area contributed by atoms with Gasteiger partial charge in [-0.3, -0.25) is 4.90 Å². The Morgan fingerprint density at radius 3 is 2.50 bits per heavy atom. The first-order valence-electron chi connectivity index (χ1n) is 16.6. The van der Waals surface area contributed by atoms with Crippen LogP contribution in [0.3, 0.4) is 0 Å². The fraction of sp³-hybridized carbons (Fsp3) is 0.514. The van der Waals surface area contributed by atoms with Gasteiger partial charge in [0.1, 0.15) is 28.9 Å². The molecule has 5 heterocycles. The summed E-state index contributed by atoms with van der Waals surface area (Å²) in [5, 5.41) is 13.1. The molecule has 3 saturated heterocycles. The molecule has 1 aromatic carbocycles. The number of ether oxygens (including phenoxy) is 4. The molecule has 0 spiro atoms. The second-order valence-corrected chi connectivity index (χ2v) is 13.7. The Bertz CT molecular complexity index is 1750. The van der Waals surface area contributed by atoms with Crippen LogP contribution in [-0.4, -0.2) is 114 Å². The van der Waals surface area contributed by atoms with Crippen LogP contribution < -0.4 is 19.7 Å². The zero-order valence-electron chi connectivity index (χ0n) is 28.9. The van der Waals surface area contributed by atoms with E-state index in [9.17, 15) is 10.1 Å². The summed E-state index contributed by atoms with van der Waals surface area (Å²) in [5.74, 6) is -2.09. The lowest BCUT2D eigenvalue weighted by molar-refractivity contribution is -0.137. The van der Waals surface area contributed by atoms with Crippen molar-refractivity contribution in [2.75, 3.05) is 69.8 Å². The highest BCUT2D eigenvalue weighted by Crippen LogP contribution is 2.35. The minimum atomic E-state index is -3.36. The predicted molar refractivity (Wildman–Crippen MR) is 181 cm³/mol. The number of aromatic nitrogens is 3. The smallest absolute Gasteiger partial charge is 0.410 e. The third-order valence-electron chi connectivity index (χ3n) is 8.87. The van der Waals surface area contributed by atoms with E-state index in [1.807, 2.05) is 19.1 Å². The van der Waals surface area contributed by atoms with Gasteiger partial charge in [-0.1, -0.05) is 0 Å². The molecule has 1 amide bonds. The van der Waals surface area contributed by atoms with Gasteiger partial charge in [0.05, 0.1) is 44.2 Å². The molecule has 0 aliphatic carbocycles. The van der Waals surface area contributed by atoms with E-state index in [1.54, 1.807) is 46.2 Å². The first-order chi connectivity index (χ1) is 23.8. The first-order valence-corrected chi connectivity index (χ1v) is 16.6. The molecule has 3 aliphatic rings. The van der Waals surface area contributed by atoms with Gasteiger partial charge in [0.2, 0.25) is 11.8 Å². The van der Waals surface area contributed by atoms with Gasteiger partial charge in [-0.05, 0) is 63.6 Å². The molecule has 1 unspecified atom stereocenters. The Hall–Kier alpha value is -4.81. The number of methoxy groups -OCH3 is 1. The molecule has 2 aromatic heterocycles. The zero-order valence-corrected chi connectivity index (χ0v) is 28.9. The number of carbonyl (C=O) groups excluding carboxylic acids is 1. The second kappa shape index (κ2) is 14.2. The predicted octanol–water partition coefficient (Wildman–Crippen LogP) is 5.02. The molecular formula is C35H42F2N8O5. The van der Waals surface area contributed by atoms with Crippen LogP contribution in [0.15, 0.2) is 36.5 Å². The van der Waals surface area contributed by atoms with Crippen LogP contribution in [0.5, 0.6) is 11.6 Å². The average molecular weight is 693 g/mol. The van der Waals surface area contributed by atoms with Crippen LogP contribution in [0.4, 0.5) is 31.0 Å². The van der Waals surface area contributed by atoms with Crippen molar-refractivity contribution >= 4 is 23.5 Å². The lowest BCUT2D eigenvalue weighted by Crippen LogP contribution is -2.56. The number of likely N-dealkylation sites (tertiary alicyclic amines) is 1. The van der Waals surface area contributed by atoms with Crippen molar-refractivity contribution in [3.05, 3.63) is 47.7 Å². The minimum absolute atomic E-state index is 0.0200. The molecule has 1 atom stereocenters. The molecule has 3 aromatic rings. The van der Waals surface area contributed by atoms with Gasteiger partial charge in [0, 0.05) is 50.9 Å². The number of carbonyl (C=O) groups is 1. The molecule has 266 valence electrons. The maximum atomic E-state index is 15.2. The van der Waals surface area contributed by atoms with E-state index in [-0.39, 0.29) is 30.2 Å². The van der Waals surface area contributed by atoms with E-state index in [4.69, 9.17) is 18.9 Å². The van der Waals surface area contributed by atoms with E-state index in [1.165, 1.54) is 6.07 Å². The third kappa shape index (κ3) is 7.81. The molecule has 13 nitrogen and oxygen atoms in total. The molecule has 3 aliphatic heterocycles. The number of nitrogens with zero attached hydrogens (tertiary/aromatic N) is 7. The van der Waals surface area contributed by atoms with Crippen molar-refractivity contribution < 1.29 is 32.5 Å². The number of hydrogen-bond donors (Lipinski definition) is 1. The van der Waals surface area contributed by atoms with Crippen molar-refractivity contribution in [2.45, 2.75) is 57.8 Å². The quantitative estimate of drug-likeness (QED) is 0.340. The molecular weight excluding hydrogens is 650 g/mol. The monoisotopic (exact) mass is 692 g/mol. The summed E-state index contributed by atoms with van der Waals surface area (Å²) in [6.45, 7) is 11.2. The number of pyridine rings is 1. The Balaban J connectivity index is 1.13. The second-order valence-electron chi connectivity index (χ2n) is 13.7. The number of aryl methyl sites for hydroxylation is 1. The lowest BCUT2D eigenvalue weighted by atomic mass is 10.0. The van der Waals surface area contributed by atoms with E-state index < -0.39 is 30.3 Å². The Labute approximate surface area is 290 Å². The Morgan fingerprint density at radius 2 is 1.86 bits per heavy atom. The van der Waals surface area contributed by atoms with Crippen LogP contribution >= 0.6 is 0 Å². The van der Waals surface area contributed by atoms with Gasteiger partial charge in [-0.15, -0.1) is 0 Å². The van der Waals surface area contributed by atoms with Crippen molar-refractivity contribution in [2.24, 2.45) is 0 Å². The van der Waals surface area contributed by atoms with Gasteiger partial charge in [0.15, 0.2) is 6.10 Å². The van der Waals surface area contributed by atoms with Crippen LogP contribution in [0, 0.1) is 18.3 Å². The normalized spacial score (nSPS) is 19.7. The van der Waals surface area contributed by atoms with Crippen LogP contribution in [-0.2, 0) is 9.47 Å². The lowest BCUT2D eigenvalue weighted by Gasteiger charge is -2.43. The molecule has 15 heteroatoms. The standard InChI is InChI=1S/C35H42F2N8O5/c1-22-18-39-32(41-29-9-7-26(31(40-29)47-5)44-14-12-43(13-15-44)25-19-48-20-25)42-30(22)23-6-8-27(24(16-23)17-38)49-28-10-11-45(21-35(28,36)37)33(46)50-34(2,3)4/h6-9,16,18,25,28H,10-15,19-21H2,1-5H3,(H,39,40,41,42). The summed E-state index contributed by atoms with van der Waals surface area (Å²) in [6.07, 6.45) is -0.814. The number of piperazine rings is 1. The number of anilines is 3. The number of alkyl halides is 2. The Morgan fingerprint density at radius 1 is 1.10 bits per heavy atom. The van der Waals surface area contributed by atoms with Crippen LogP contribution in [0.2, 0.25) is 0 Å². The zero-order chi connectivity index (χ0) is 35.6. The molecule has 0 saturated carbocycles. The highest BCUT2D eigenvalue weighted by molar-refractivity contribution is 5.69. The van der Waals surface area contributed by atoms with Crippen molar-refractivity contribution in [1.29, 1.82) is 5.26 Å². The summed E-state index contributed by atoms with van der Waals surface area (Å²) in [4.78, 5) is 31.9. The first kappa shape index (κ1) is 35.0. The van der Waals surface area contributed by atoms with Crippen LogP contribution in [0.1, 0.15) is 38.3 Å². The summed E-state index contributed by atoms with van der Waals surface area (Å²) in [7, 11) is 1.59. The number of hydrogen-bond acceptors (Lipinski definition) is 12. The van der Waals surface area contributed by atoms with E-state index in [0.717, 1.165) is 55.5 Å². The number of piperidine rings is 1. The molecule has 0 bridgehead atoms. The van der Waals surface area contributed by atoms with Crippen LogP contribution in [0.25, 0.3) is 11.3 Å². The fourth-order valence-electron chi connectivity index (χ4n) is 6.13. The van der Waals surface area contributed by atoms with Gasteiger partial charge in [-0.2, -0.15) is 10.2 Å². The molecule has 50 heavy (non-hydrogen) atoms. The SMILES string of the molecule is COc1nc(Nc2ncc(C)c(-c3ccc(OC4CCN(C(=O)OC(C)(C)C)CC4(F)F)c(C#N)c3)n2)ccc1N1CCN(C2COC2)CC1. The minimum Gasteiger partial charge on any atom is -0.483 e. The number of benzene rings is 1. The number of halogens is 2. The highest BCUT2D eigenvalue weighted by Gasteiger charge is 2.48. The summed E-state index contributed by atoms with van der Waals surface area (Å²) < 4.78 is 52.3. The topological polar surface area (TPSA) is 138 Å².